The van der Waals surface area contributed by atoms with Crippen LogP contribution in [0.2, 0.25) is 0 Å². The van der Waals surface area contributed by atoms with E-state index in [4.69, 9.17) is 5.26 Å². The lowest BCUT2D eigenvalue weighted by atomic mass is 9.94. The Morgan fingerprint density at radius 1 is 1.47 bits per heavy atom. The summed E-state index contributed by atoms with van der Waals surface area (Å²) in [6.07, 6.45) is 1.83. The minimum Gasteiger partial charge on any atom is -0.300 e. The van der Waals surface area contributed by atoms with Crippen molar-refractivity contribution in [2.24, 2.45) is 0 Å². The van der Waals surface area contributed by atoms with Gasteiger partial charge in [-0.1, -0.05) is 6.92 Å². The van der Waals surface area contributed by atoms with E-state index in [-0.39, 0.29) is 5.54 Å². The van der Waals surface area contributed by atoms with Gasteiger partial charge in [0.15, 0.2) is 0 Å². The Bertz CT molecular complexity index is 242. The molecule has 0 spiro atoms. The topological polar surface area (TPSA) is 30.3 Å². The van der Waals surface area contributed by atoms with Gasteiger partial charge in [0.25, 0.3) is 0 Å². The minimum atomic E-state index is 0.189. The highest BCUT2D eigenvalue weighted by Crippen LogP contribution is 2.24. The van der Waals surface area contributed by atoms with Crippen LogP contribution in [0.4, 0.5) is 0 Å². The first-order valence-electron chi connectivity index (χ1n) is 5.83. The van der Waals surface area contributed by atoms with Crippen molar-refractivity contribution < 1.29 is 0 Å². The van der Waals surface area contributed by atoms with Crippen molar-refractivity contribution in [1.82, 2.24) is 9.80 Å². The molecule has 3 nitrogen and oxygen atoms in total. The lowest BCUT2D eigenvalue weighted by molar-refractivity contribution is -0.00423. The summed E-state index contributed by atoms with van der Waals surface area (Å²) in [5.74, 6) is 0. The zero-order valence-electron chi connectivity index (χ0n) is 10.5. The average Bonchev–Trinajstić information content (AvgIpc) is 2.14. The van der Waals surface area contributed by atoms with Crippen LogP contribution in [-0.2, 0) is 0 Å². The smallest absolute Gasteiger partial charge is 0.0638 e. The second kappa shape index (κ2) is 4.96. The average molecular weight is 209 g/mol. The number of nitrogens with zero attached hydrogens (tertiary/aromatic N) is 3. The van der Waals surface area contributed by atoms with E-state index in [1.165, 1.54) is 6.42 Å². The Kier molecular flexibility index (Phi) is 4.12. The summed E-state index contributed by atoms with van der Waals surface area (Å²) >= 11 is 0. The molecule has 0 saturated carbocycles. The summed E-state index contributed by atoms with van der Waals surface area (Å²) < 4.78 is 0. The molecule has 0 N–H and O–H groups in total. The van der Waals surface area contributed by atoms with Crippen LogP contribution in [-0.4, -0.2) is 48.1 Å². The molecule has 1 saturated heterocycles. The SMILES string of the molecule is CCCN1CC(CC#N)N(C)C(C)(C)C1. The van der Waals surface area contributed by atoms with Gasteiger partial charge in [-0.25, -0.2) is 0 Å². The van der Waals surface area contributed by atoms with E-state index in [0.717, 1.165) is 19.6 Å². The van der Waals surface area contributed by atoms with E-state index in [1.54, 1.807) is 0 Å². The third-order valence-electron chi connectivity index (χ3n) is 3.45. The second-order valence-electron chi connectivity index (χ2n) is 5.17. The fourth-order valence-electron chi connectivity index (χ4n) is 2.43. The molecule has 15 heavy (non-hydrogen) atoms. The molecule has 0 bridgehead atoms. The quantitative estimate of drug-likeness (QED) is 0.709. The Hall–Kier alpha value is -0.590. The van der Waals surface area contributed by atoms with E-state index < -0.39 is 0 Å². The standard InChI is InChI=1S/C12H23N3/c1-5-8-15-9-11(6-7-13)14(4)12(2,3)10-15/h11H,5-6,8-10H2,1-4H3. The molecule has 0 amide bonds. The monoisotopic (exact) mass is 209 g/mol. The van der Waals surface area contributed by atoms with Gasteiger partial charge >= 0.3 is 0 Å². The van der Waals surface area contributed by atoms with Crippen LogP contribution in [0.1, 0.15) is 33.6 Å². The highest BCUT2D eigenvalue weighted by Gasteiger charge is 2.36. The maximum atomic E-state index is 8.83. The molecule has 1 rings (SSSR count). The van der Waals surface area contributed by atoms with Crippen molar-refractivity contribution in [1.29, 1.82) is 5.26 Å². The largest absolute Gasteiger partial charge is 0.300 e. The van der Waals surface area contributed by atoms with E-state index in [2.05, 4.69) is 43.7 Å². The van der Waals surface area contributed by atoms with Crippen LogP contribution >= 0.6 is 0 Å². The molecule has 0 aromatic rings. The highest BCUT2D eigenvalue weighted by atomic mass is 15.3. The lowest BCUT2D eigenvalue weighted by Crippen LogP contribution is -2.62. The zero-order valence-corrected chi connectivity index (χ0v) is 10.5. The molecule has 1 fully saturated rings. The summed E-state index contributed by atoms with van der Waals surface area (Å²) in [5, 5.41) is 8.83. The van der Waals surface area contributed by atoms with Crippen molar-refractivity contribution in [3.63, 3.8) is 0 Å². The number of nitriles is 1. The molecular weight excluding hydrogens is 186 g/mol. The van der Waals surface area contributed by atoms with Crippen LogP contribution in [0.15, 0.2) is 0 Å². The molecule has 3 heteroatoms. The van der Waals surface area contributed by atoms with Crippen molar-refractivity contribution in [3.05, 3.63) is 0 Å². The first-order chi connectivity index (χ1) is 7.01. The van der Waals surface area contributed by atoms with Gasteiger partial charge in [-0.15, -0.1) is 0 Å². The summed E-state index contributed by atoms with van der Waals surface area (Å²) in [4.78, 5) is 4.85. The molecule has 1 atom stereocenters. The number of hydrogen-bond acceptors (Lipinski definition) is 3. The van der Waals surface area contributed by atoms with Crippen LogP contribution in [0.5, 0.6) is 0 Å². The number of likely N-dealkylation sites (N-methyl/N-ethyl adjacent to an activating group) is 1. The Morgan fingerprint density at radius 2 is 2.13 bits per heavy atom. The van der Waals surface area contributed by atoms with E-state index in [0.29, 0.717) is 12.5 Å². The van der Waals surface area contributed by atoms with Gasteiger partial charge in [0.1, 0.15) is 0 Å². The maximum absolute atomic E-state index is 8.83. The molecule has 0 aromatic heterocycles. The number of piperazine rings is 1. The molecule has 1 aliphatic heterocycles. The van der Waals surface area contributed by atoms with Crippen molar-refractivity contribution in [3.8, 4) is 6.07 Å². The van der Waals surface area contributed by atoms with Crippen LogP contribution in [0.25, 0.3) is 0 Å². The van der Waals surface area contributed by atoms with Crippen LogP contribution in [0.3, 0.4) is 0 Å². The van der Waals surface area contributed by atoms with Gasteiger partial charge in [-0.3, -0.25) is 9.80 Å². The third kappa shape index (κ3) is 2.93. The van der Waals surface area contributed by atoms with Crippen molar-refractivity contribution in [2.75, 3.05) is 26.7 Å². The highest BCUT2D eigenvalue weighted by molar-refractivity contribution is 4.96. The Balaban J connectivity index is 2.69. The van der Waals surface area contributed by atoms with Crippen molar-refractivity contribution in [2.45, 2.75) is 45.2 Å². The summed E-state index contributed by atoms with van der Waals surface area (Å²) in [6, 6.07) is 2.69. The summed E-state index contributed by atoms with van der Waals surface area (Å²) in [7, 11) is 2.14. The molecular formula is C12H23N3. The van der Waals surface area contributed by atoms with E-state index in [1.807, 2.05) is 0 Å². The van der Waals surface area contributed by atoms with Gasteiger partial charge in [-0.2, -0.15) is 5.26 Å². The fraction of sp³-hybridized carbons (Fsp3) is 0.917. The third-order valence-corrected chi connectivity index (χ3v) is 3.45. The van der Waals surface area contributed by atoms with E-state index >= 15 is 0 Å². The van der Waals surface area contributed by atoms with Gasteiger partial charge in [0.05, 0.1) is 12.5 Å². The molecule has 1 aliphatic rings. The molecule has 0 radical (unpaired) electrons. The van der Waals surface area contributed by atoms with Crippen LogP contribution < -0.4 is 0 Å². The zero-order chi connectivity index (χ0) is 11.5. The molecule has 0 aromatic carbocycles. The Morgan fingerprint density at radius 3 is 2.67 bits per heavy atom. The second-order valence-corrected chi connectivity index (χ2v) is 5.17. The van der Waals surface area contributed by atoms with Gasteiger partial charge in [0.2, 0.25) is 0 Å². The first kappa shape index (κ1) is 12.5. The minimum absolute atomic E-state index is 0.189. The van der Waals surface area contributed by atoms with Crippen molar-refractivity contribution >= 4 is 0 Å². The van der Waals surface area contributed by atoms with Gasteiger partial charge < -0.3 is 0 Å². The van der Waals surface area contributed by atoms with Crippen LogP contribution in [0, 0.1) is 11.3 Å². The molecule has 1 unspecified atom stereocenters. The number of hydrogen-bond donors (Lipinski definition) is 0. The number of rotatable bonds is 3. The maximum Gasteiger partial charge on any atom is 0.0638 e. The fourth-order valence-corrected chi connectivity index (χ4v) is 2.43. The first-order valence-corrected chi connectivity index (χ1v) is 5.83. The van der Waals surface area contributed by atoms with Gasteiger partial charge in [0, 0.05) is 24.7 Å². The van der Waals surface area contributed by atoms with Gasteiger partial charge in [-0.05, 0) is 33.9 Å². The summed E-state index contributed by atoms with van der Waals surface area (Å²) in [5.41, 5.74) is 0.189. The molecule has 1 heterocycles. The summed E-state index contributed by atoms with van der Waals surface area (Å²) in [6.45, 7) is 10.0. The molecule has 86 valence electrons. The normalized spacial score (nSPS) is 27.5. The lowest BCUT2D eigenvalue weighted by Gasteiger charge is -2.49. The predicted octanol–water partition coefficient (Wildman–Crippen LogP) is 1.70. The van der Waals surface area contributed by atoms with E-state index in [9.17, 15) is 0 Å². The predicted molar refractivity (Wildman–Crippen MR) is 62.6 cm³/mol. The Labute approximate surface area is 93.7 Å². The molecule has 0 aliphatic carbocycles.